The van der Waals surface area contributed by atoms with Gasteiger partial charge in [-0.1, -0.05) is 15.9 Å². The van der Waals surface area contributed by atoms with Crippen LogP contribution in [-0.2, 0) is 4.79 Å². The third-order valence-electron chi connectivity index (χ3n) is 2.15. The van der Waals surface area contributed by atoms with E-state index in [9.17, 15) is 9.59 Å². The van der Waals surface area contributed by atoms with Gasteiger partial charge in [0.1, 0.15) is 11.4 Å². The molecule has 0 fully saturated rings. The van der Waals surface area contributed by atoms with Crippen molar-refractivity contribution in [1.29, 1.82) is 0 Å². The van der Waals surface area contributed by atoms with Gasteiger partial charge in [-0.05, 0) is 20.8 Å². The molecule has 0 bridgehead atoms. The molecule has 0 saturated heterocycles. The van der Waals surface area contributed by atoms with Crippen LogP contribution in [0, 0.1) is 0 Å². The fraction of sp³-hybridized carbons (Fsp3) is 0.500. The van der Waals surface area contributed by atoms with Crippen molar-refractivity contribution in [3.8, 4) is 0 Å². The molecule has 1 aromatic heterocycles. The lowest BCUT2D eigenvalue weighted by Crippen LogP contribution is -2.25. The third kappa shape index (κ3) is 3.06. The maximum atomic E-state index is 11.6. The fourth-order valence-electron chi connectivity index (χ4n) is 1.27. The van der Waals surface area contributed by atoms with Gasteiger partial charge >= 0.3 is 0 Å². The van der Waals surface area contributed by atoms with Crippen molar-refractivity contribution in [3.05, 3.63) is 11.8 Å². The summed E-state index contributed by atoms with van der Waals surface area (Å²) in [4.78, 5) is 22.5. The Kier molecular flexibility index (Phi) is 4.28. The molecular formula is C10H15BrN4O2. The molecule has 0 aliphatic rings. The second-order valence-corrected chi connectivity index (χ2v) is 5.29. The van der Waals surface area contributed by atoms with Crippen molar-refractivity contribution >= 4 is 33.6 Å². The summed E-state index contributed by atoms with van der Waals surface area (Å²) in [6.07, 6.45) is 1.36. The highest BCUT2D eigenvalue weighted by molar-refractivity contribution is 9.10. The summed E-state index contributed by atoms with van der Waals surface area (Å²) in [5.41, 5.74) is 5.43. The van der Waals surface area contributed by atoms with Gasteiger partial charge in [0.25, 0.3) is 5.91 Å². The highest BCUT2D eigenvalue weighted by Gasteiger charge is 2.20. The predicted octanol–water partition coefficient (Wildman–Crippen LogP) is 1.28. The summed E-state index contributed by atoms with van der Waals surface area (Å²) >= 11 is 3.15. The van der Waals surface area contributed by atoms with E-state index < -0.39 is 5.91 Å². The molecule has 1 heterocycles. The molecule has 0 aromatic carbocycles. The first-order chi connectivity index (χ1) is 7.84. The molecule has 2 amide bonds. The molecule has 17 heavy (non-hydrogen) atoms. The van der Waals surface area contributed by atoms with E-state index in [1.54, 1.807) is 11.6 Å². The van der Waals surface area contributed by atoms with Crippen LogP contribution in [0.3, 0.4) is 0 Å². The molecule has 0 aliphatic carbocycles. The number of nitrogens with two attached hydrogens (primary N) is 1. The van der Waals surface area contributed by atoms with Gasteiger partial charge in [0, 0.05) is 6.04 Å². The molecule has 1 unspecified atom stereocenters. The van der Waals surface area contributed by atoms with Crippen LogP contribution in [0.15, 0.2) is 6.20 Å². The predicted molar refractivity (Wildman–Crippen MR) is 68.1 cm³/mol. The van der Waals surface area contributed by atoms with Crippen LogP contribution >= 0.6 is 15.9 Å². The number of nitrogens with one attached hydrogen (secondary N) is 1. The topological polar surface area (TPSA) is 90.0 Å². The number of hydrogen-bond acceptors (Lipinski definition) is 3. The molecular weight excluding hydrogens is 288 g/mol. The Bertz CT molecular complexity index is 440. The lowest BCUT2D eigenvalue weighted by atomic mass is 10.3. The van der Waals surface area contributed by atoms with E-state index in [0.717, 1.165) is 0 Å². The third-order valence-corrected chi connectivity index (χ3v) is 2.57. The first-order valence-electron chi connectivity index (χ1n) is 5.16. The number of aromatic nitrogens is 2. The highest BCUT2D eigenvalue weighted by atomic mass is 79.9. The van der Waals surface area contributed by atoms with Crippen molar-refractivity contribution in [2.24, 2.45) is 5.73 Å². The Morgan fingerprint density at radius 2 is 2.06 bits per heavy atom. The average Bonchev–Trinajstić information content (AvgIpc) is 2.61. The number of hydrogen-bond donors (Lipinski definition) is 2. The number of carbonyl (C=O) groups is 2. The molecule has 7 heteroatoms. The Hall–Kier alpha value is -1.37. The zero-order valence-corrected chi connectivity index (χ0v) is 11.5. The number of anilines is 1. The van der Waals surface area contributed by atoms with Gasteiger partial charge in [0.15, 0.2) is 0 Å². The molecule has 6 nitrogen and oxygen atoms in total. The van der Waals surface area contributed by atoms with Gasteiger partial charge in [0.05, 0.1) is 11.0 Å². The Labute approximate surface area is 108 Å². The maximum Gasteiger partial charge on any atom is 0.254 e. The second-order valence-electron chi connectivity index (χ2n) is 3.91. The minimum atomic E-state index is -0.616. The number of alkyl halides is 1. The summed E-state index contributed by atoms with van der Waals surface area (Å²) < 4.78 is 1.55. The van der Waals surface area contributed by atoms with Crippen LogP contribution in [0.2, 0.25) is 0 Å². The van der Waals surface area contributed by atoms with E-state index >= 15 is 0 Å². The lowest BCUT2D eigenvalue weighted by Gasteiger charge is -2.13. The number of nitrogens with zero attached hydrogens (tertiary/aromatic N) is 2. The van der Waals surface area contributed by atoms with E-state index in [-0.39, 0.29) is 22.3 Å². The van der Waals surface area contributed by atoms with Gasteiger partial charge in [-0.3, -0.25) is 9.59 Å². The lowest BCUT2D eigenvalue weighted by molar-refractivity contribution is -0.115. The molecule has 0 aliphatic heterocycles. The zero-order chi connectivity index (χ0) is 13.2. The molecule has 0 spiro atoms. The summed E-state index contributed by atoms with van der Waals surface area (Å²) in [5, 5.41) is 6.67. The van der Waals surface area contributed by atoms with Gasteiger partial charge in [-0.25, -0.2) is 4.68 Å². The smallest absolute Gasteiger partial charge is 0.254 e. The number of amides is 2. The molecule has 1 rings (SSSR count). The average molecular weight is 303 g/mol. The summed E-state index contributed by atoms with van der Waals surface area (Å²) in [7, 11) is 0. The van der Waals surface area contributed by atoms with Crippen LogP contribution in [0.25, 0.3) is 0 Å². The highest BCUT2D eigenvalue weighted by Crippen LogP contribution is 2.20. The van der Waals surface area contributed by atoms with Crippen LogP contribution in [0.1, 0.15) is 37.2 Å². The maximum absolute atomic E-state index is 11.6. The Balaban J connectivity index is 3.13. The molecule has 1 atom stereocenters. The van der Waals surface area contributed by atoms with Crippen molar-refractivity contribution in [2.75, 3.05) is 5.32 Å². The molecule has 1 aromatic rings. The van der Waals surface area contributed by atoms with Crippen molar-refractivity contribution in [3.63, 3.8) is 0 Å². The fourth-order valence-corrected chi connectivity index (χ4v) is 1.39. The standard InChI is InChI=1S/C10H15BrN4O2/c1-5(2)15-9(14-10(17)6(3)11)7(4-13-15)8(12)16/h4-6H,1-3H3,(H2,12,16)(H,14,17). The number of primary amides is 1. The van der Waals surface area contributed by atoms with Crippen molar-refractivity contribution < 1.29 is 9.59 Å². The van der Waals surface area contributed by atoms with E-state index in [4.69, 9.17) is 5.73 Å². The van der Waals surface area contributed by atoms with E-state index in [0.29, 0.717) is 5.82 Å². The minimum absolute atomic E-state index is 0.0176. The largest absolute Gasteiger partial charge is 0.365 e. The van der Waals surface area contributed by atoms with Crippen LogP contribution in [0.5, 0.6) is 0 Å². The van der Waals surface area contributed by atoms with Gasteiger partial charge < -0.3 is 11.1 Å². The number of rotatable bonds is 4. The summed E-state index contributed by atoms with van der Waals surface area (Å²) in [6.45, 7) is 5.48. The second kappa shape index (κ2) is 5.31. The van der Waals surface area contributed by atoms with Gasteiger partial charge in [-0.15, -0.1) is 0 Å². The molecule has 3 N–H and O–H groups in total. The number of carbonyl (C=O) groups excluding carboxylic acids is 2. The first-order valence-corrected chi connectivity index (χ1v) is 6.08. The van der Waals surface area contributed by atoms with Crippen molar-refractivity contribution in [2.45, 2.75) is 31.6 Å². The minimum Gasteiger partial charge on any atom is -0.365 e. The van der Waals surface area contributed by atoms with Crippen LogP contribution in [-0.4, -0.2) is 26.4 Å². The molecule has 0 saturated carbocycles. The number of halogens is 1. The van der Waals surface area contributed by atoms with E-state index in [1.165, 1.54) is 6.20 Å². The zero-order valence-electron chi connectivity index (χ0n) is 9.90. The van der Waals surface area contributed by atoms with E-state index in [2.05, 4.69) is 26.3 Å². The first kappa shape index (κ1) is 13.7. The van der Waals surface area contributed by atoms with Gasteiger partial charge in [0.2, 0.25) is 5.91 Å². The SMILES string of the molecule is CC(Br)C(=O)Nc1c(C(N)=O)cnn1C(C)C. The van der Waals surface area contributed by atoms with Crippen LogP contribution < -0.4 is 11.1 Å². The molecule has 94 valence electrons. The Morgan fingerprint density at radius 3 is 2.47 bits per heavy atom. The molecule has 0 radical (unpaired) electrons. The monoisotopic (exact) mass is 302 g/mol. The Morgan fingerprint density at radius 1 is 1.47 bits per heavy atom. The summed E-state index contributed by atoms with van der Waals surface area (Å²) in [5.74, 6) is -0.534. The van der Waals surface area contributed by atoms with Crippen LogP contribution in [0.4, 0.5) is 5.82 Å². The summed E-state index contributed by atoms with van der Waals surface area (Å²) in [6, 6.07) is 0.0176. The van der Waals surface area contributed by atoms with Crippen molar-refractivity contribution in [1.82, 2.24) is 9.78 Å². The quantitative estimate of drug-likeness (QED) is 0.821. The van der Waals surface area contributed by atoms with Gasteiger partial charge in [-0.2, -0.15) is 5.10 Å². The normalized spacial score (nSPS) is 12.5. The van der Waals surface area contributed by atoms with E-state index in [1.807, 2.05) is 13.8 Å².